The molecule has 3 rings (SSSR count). The summed E-state index contributed by atoms with van der Waals surface area (Å²) in [5.74, 6) is 1.06. The highest BCUT2D eigenvalue weighted by atomic mass is 16.5. The molecular weight excluding hydrogens is 266 g/mol. The van der Waals surface area contributed by atoms with Crippen LogP contribution in [0.15, 0.2) is 16.6 Å². The summed E-state index contributed by atoms with van der Waals surface area (Å²) in [6.07, 6.45) is 4.94. The number of H-pyrrole nitrogens is 1. The molecule has 0 fully saturated rings. The summed E-state index contributed by atoms with van der Waals surface area (Å²) in [7, 11) is 0. The quantitative estimate of drug-likeness (QED) is 0.924. The molecule has 0 radical (unpaired) electrons. The van der Waals surface area contributed by atoms with Crippen LogP contribution >= 0.6 is 0 Å². The zero-order chi connectivity index (χ0) is 14.8. The molecule has 2 aliphatic rings. The standard InChI is InChI=1S/C16H23N3O2/c1-11(2)15-17-14-5-6-19(9-13(14)16(20)18-15)8-12-4-3-7-21-10-12/h10-11H,3-9H2,1-2H3,(H,17,18,20). The van der Waals surface area contributed by atoms with Crippen LogP contribution in [0, 0.1) is 0 Å². The van der Waals surface area contributed by atoms with Gasteiger partial charge in [0, 0.05) is 32.0 Å². The van der Waals surface area contributed by atoms with Gasteiger partial charge in [-0.05, 0) is 18.4 Å². The number of fused-ring (bicyclic) bond motifs is 1. The maximum atomic E-state index is 12.3. The topological polar surface area (TPSA) is 58.2 Å². The first-order valence-corrected chi connectivity index (χ1v) is 7.77. The van der Waals surface area contributed by atoms with Crippen LogP contribution in [0.1, 0.15) is 49.7 Å². The number of rotatable bonds is 3. The van der Waals surface area contributed by atoms with Crippen molar-refractivity contribution in [1.82, 2.24) is 14.9 Å². The molecule has 0 spiro atoms. The first-order valence-electron chi connectivity index (χ1n) is 7.77. The van der Waals surface area contributed by atoms with Gasteiger partial charge in [0.2, 0.25) is 0 Å². The van der Waals surface area contributed by atoms with Gasteiger partial charge in [0.1, 0.15) is 5.82 Å². The van der Waals surface area contributed by atoms with E-state index in [1.165, 1.54) is 5.57 Å². The highest BCUT2D eigenvalue weighted by molar-refractivity contribution is 5.22. The van der Waals surface area contributed by atoms with Gasteiger partial charge in [-0.15, -0.1) is 0 Å². The van der Waals surface area contributed by atoms with E-state index in [0.29, 0.717) is 6.54 Å². The Kier molecular flexibility index (Phi) is 4.10. The van der Waals surface area contributed by atoms with Gasteiger partial charge in [-0.2, -0.15) is 0 Å². The van der Waals surface area contributed by atoms with Crippen LogP contribution in [0.3, 0.4) is 0 Å². The third-order valence-corrected chi connectivity index (χ3v) is 4.15. The number of hydrogen-bond donors (Lipinski definition) is 1. The molecule has 21 heavy (non-hydrogen) atoms. The Morgan fingerprint density at radius 3 is 3.00 bits per heavy atom. The Morgan fingerprint density at radius 1 is 1.43 bits per heavy atom. The van der Waals surface area contributed by atoms with Crippen molar-refractivity contribution in [2.45, 2.75) is 45.6 Å². The van der Waals surface area contributed by atoms with Gasteiger partial charge in [-0.3, -0.25) is 9.69 Å². The maximum Gasteiger partial charge on any atom is 0.255 e. The fourth-order valence-electron chi connectivity index (χ4n) is 2.93. The molecule has 0 saturated heterocycles. The first kappa shape index (κ1) is 14.3. The SMILES string of the molecule is CC(C)c1nc2c(c(=O)[nH]1)CN(CC1=COCCC1)CC2. The minimum absolute atomic E-state index is 0.0299. The molecule has 0 saturated carbocycles. The zero-order valence-corrected chi connectivity index (χ0v) is 12.8. The fraction of sp³-hybridized carbons (Fsp3) is 0.625. The predicted molar refractivity (Wildman–Crippen MR) is 81.2 cm³/mol. The lowest BCUT2D eigenvalue weighted by Crippen LogP contribution is -2.37. The number of ether oxygens (including phenoxy) is 1. The van der Waals surface area contributed by atoms with Gasteiger partial charge in [0.25, 0.3) is 5.56 Å². The minimum Gasteiger partial charge on any atom is -0.501 e. The number of nitrogens with one attached hydrogen (secondary N) is 1. The Bertz CT molecular complexity index is 604. The highest BCUT2D eigenvalue weighted by Gasteiger charge is 2.22. The van der Waals surface area contributed by atoms with E-state index in [4.69, 9.17) is 4.74 Å². The molecule has 5 heteroatoms. The Hall–Kier alpha value is -1.62. The molecule has 1 aromatic rings. The highest BCUT2D eigenvalue weighted by Crippen LogP contribution is 2.19. The summed E-state index contributed by atoms with van der Waals surface area (Å²) in [4.78, 5) is 22.1. The summed E-state index contributed by atoms with van der Waals surface area (Å²) in [5, 5.41) is 0. The molecule has 2 aliphatic heterocycles. The average Bonchev–Trinajstić information content (AvgIpc) is 2.48. The van der Waals surface area contributed by atoms with Gasteiger partial charge in [-0.1, -0.05) is 13.8 Å². The van der Waals surface area contributed by atoms with Crippen molar-refractivity contribution in [1.29, 1.82) is 0 Å². The molecule has 1 aromatic heterocycles. The lowest BCUT2D eigenvalue weighted by Gasteiger charge is -2.29. The third kappa shape index (κ3) is 3.18. The van der Waals surface area contributed by atoms with Crippen molar-refractivity contribution in [2.24, 2.45) is 0 Å². The smallest absolute Gasteiger partial charge is 0.255 e. The molecule has 0 aliphatic carbocycles. The lowest BCUT2D eigenvalue weighted by molar-refractivity contribution is 0.208. The van der Waals surface area contributed by atoms with Gasteiger partial charge >= 0.3 is 0 Å². The predicted octanol–water partition coefficient (Wildman–Crippen LogP) is 1.95. The maximum absolute atomic E-state index is 12.3. The normalized spacial score (nSPS) is 19.1. The van der Waals surface area contributed by atoms with Crippen molar-refractivity contribution in [3.63, 3.8) is 0 Å². The minimum atomic E-state index is 0.0299. The van der Waals surface area contributed by atoms with Crippen LogP contribution in [0.2, 0.25) is 0 Å². The molecule has 5 nitrogen and oxygen atoms in total. The molecule has 0 atom stereocenters. The molecule has 0 amide bonds. The monoisotopic (exact) mass is 289 g/mol. The second-order valence-corrected chi connectivity index (χ2v) is 6.24. The van der Waals surface area contributed by atoms with Crippen LogP contribution < -0.4 is 5.56 Å². The van der Waals surface area contributed by atoms with E-state index in [2.05, 4.69) is 28.7 Å². The molecule has 3 heterocycles. The van der Waals surface area contributed by atoms with Crippen molar-refractivity contribution >= 4 is 0 Å². The summed E-state index contributed by atoms with van der Waals surface area (Å²) >= 11 is 0. The molecule has 1 N–H and O–H groups in total. The molecule has 0 aromatic carbocycles. The van der Waals surface area contributed by atoms with E-state index in [-0.39, 0.29) is 11.5 Å². The van der Waals surface area contributed by atoms with Crippen molar-refractivity contribution in [2.75, 3.05) is 19.7 Å². The summed E-state index contributed by atoms with van der Waals surface area (Å²) in [6, 6.07) is 0. The lowest BCUT2D eigenvalue weighted by atomic mass is 10.0. The van der Waals surface area contributed by atoms with Crippen LogP contribution in [0.5, 0.6) is 0 Å². The first-order chi connectivity index (χ1) is 10.1. The number of aromatic amines is 1. The van der Waals surface area contributed by atoms with Crippen LogP contribution in [-0.4, -0.2) is 34.6 Å². The fourth-order valence-corrected chi connectivity index (χ4v) is 2.93. The largest absolute Gasteiger partial charge is 0.501 e. The van der Waals surface area contributed by atoms with E-state index in [0.717, 1.165) is 56.0 Å². The molecular formula is C16H23N3O2. The summed E-state index contributed by atoms with van der Waals surface area (Å²) in [6.45, 7) is 7.47. The molecule has 0 unspecified atom stereocenters. The van der Waals surface area contributed by atoms with E-state index in [9.17, 15) is 4.79 Å². The number of aromatic nitrogens is 2. The van der Waals surface area contributed by atoms with Crippen molar-refractivity contribution in [3.8, 4) is 0 Å². The average molecular weight is 289 g/mol. The Balaban J connectivity index is 1.76. The van der Waals surface area contributed by atoms with Gasteiger partial charge in [0.15, 0.2) is 0 Å². The van der Waals surface area contributed by atoms with Crippen LogP contribution in [0.4, 0.5) is 0 Å². The van der Waals surface area contributed by atoms with E-state index < -0.39 is 0 Å². The second-order valence-electron chi connectivity index (χ2n) is 6.24. The van der Waals surface area contributed by atoms with Gasteiger partial charge < -0.3 is 9.72 Å². The Labute approximate surface area is 125 Å². The van der Waals surface area contributed by atoms with Crippen molar-refractivity contribution in [3.05, 3.63) is 39.3 Å². The van der Waals surface area contributed by atoms with Crippen LogP contribution in [-0.2, 0) is 17.7 Å². The number of nitrogens with zero attached hydrogens (tertiary/aromatic N) is 2. The second kappa shape index (κ2) is 6.02. The third-order valence-electron chi connectivity index (χ3n) is 4.15. The summed E-state index contributed by atoms with van der Waals surface area (Å²) < 4.78 is 5.39. The number of hydrogen-bond acceptors (Lipinski definition) is 4. The van der Waals surface area contributed by atoms with Gasteiger partial charge in [-0.25, -0.2) is 4.98 Å². The summed E-state index contributed by atoms with van der Waals surface area (Å²) in [5.41, 5.74) is 3.17. The molecule has 114 valence electrons. The Morgan fingerprint density at radius 2 is 2.29 bits per heavy atom. The van der Waals surface area contributed by atoms with E-state index in [1.54, 1.807) is 0 Å². The molecule has 0 bridgehead atoms. The van der Waals surface area contributed by atoms with Gasteiger partial charge in [0.05, 0.1) is 24.1 Å². The van der Waals surface area contributed by atoms with Crippen molar-refractivity contribution < 1.29 is 4.74 Å². The van der Waals surface area contributed by atoms with E-state index >= 15 is 0 Å². The van der Waals surface area contributed by atoms with Crippen LogP contribution in [0.25, 0.3) is 0 Å². The zero-order valence-electron chi connectivity index (χ0n) is 12.8. The van der Waals surface area contributed by atoms with E-state index in [1.807, 2.05) is 6.26 Å².